The van der Waals surface area contributed by atoms with Crippen LogP contribution in [0.25, 0.3) is 0 Å². The predicted octanol–water partition coefficient (Wildman–Crippen LogP) is 4.82. The largest absolute Gasteiger partial charge is 0.495 e. The number of halogens is 3. The van der Waals surface area contributed by atoms with E-state index >= 15 is 0 Å². The van der Waals surface area contributed by atoms with Gasteiger partial charge in [0.25, 0.3) is 5.91 Å². The number of methoxy groups -OCH3 is 1. The first kappa shape index (κ1) is 16.3. The number of ether oxygens (including phenoxy) is 1. The van der Waals surface area contributed by atoms with E-state index < -0.39 is 0 Å². The number of anilines is 2. The molecule has 3 N–H and O–H groups in total. The molecule has 2 rings (SSSR count). The lowest BCUT2D eigenvalue weighted by atomic mass is 10.1. The molecule has 4 nitrogen and oxygen atoms in total. The number of amides is 1. The van der Waals surface area contributed by atoms with Crippen LogP contribution >= 0.6 is 47.8 Å². The number of nitrogens with one attached hydrogen (secondary N) is 1. The van der Waals surface area contributed by atoms with Crippen LogP contribution in [0.2, 0.25) is 0 Å². The Hall–Kier alpha value is -1.05. The van der Waals surface area contributed by atoms with Crippen molar-refractivity contribution in [2.24, 2.45) is 0 Å². The second-order valence-corrected chi connectivity index (χ2v) is 6.74. The van der Waals surface area contributed by atoms with Gasteiger partial charge in [0.05, 0.1) is 24.0 Å². The Kier molecular flexibility index (Phi) is 5.29. The average Bonchev–Trinajstić information content (AvgIpc) is 2.42. The Morgan fingerprint density at radius 3 is 2.38 bits per heavy atom. The molecule has 2 aromatic rings. The molecule has 7 heteroatoms. The van der Waals surface area contributed by atoms with Gasteiger partial charge in [-0.05, 0) is 56.1 Å². The smallest absolute Gasteiger partial charge is 0.257 e. The number of nitrogens with two attached hydrogens (primary N) is 1. The van der Waals surface area contributed by atoms with Crippen molar-refractivity contribution in [3.8, 4) is 5.75 Å². The van der Waals surface area contributed by atoms with Crippen LogP contribution in [0.3, 0.4) is 0 Å². The first-order valence-electron chi connectivity index (χ1n) is 5.82. The van der Waals surface area contributed by atoms with Crippen molar-refractivity contribution in [2.45, 2.75) is 0 Å². The molecule has 0 aromatic heterocycles. The molecule has 0 aliphatic carbocycles. The summed E-state index contributed by atoms with van der Waals surface area (Å²) in [4.78, 5) is 12.4. The third-order valence-corrected chi connectivity index (χ3v) is 4.48. The predicted molar refractivity (Wildman–Crippen MR) is 94.9 cm³/mol. The summed E-state index contributed by atoms with van der Waals surface area (Å²) in [6.45, 7) is 0. The van der Waals surface area contributed by atoms with E-state index in [0.717, 1.165) is 13.4 Å². The Morgan fingerprint density at radius 2 is 1.81 bits per heavy atom. The van der Waals surface area contributed by atoms with E-state index in [-0.39, 0.29) is 5.91 Å². The summed E-state index contributed by atoms with van der Waals surface area (Å²) in [7, 11) is 1.51. The van der Waals surface area contributed by atoms with Crippen molar-refractivity contribution >= 4 is 65.1 Å². The van der Waals surface area contributed by atoms with Gasteiger partial charge in [0.1, 0.15) is 5.75 Å². The second-order valence-electron chi connectivity index (χ2n) is 4.12. The molecule has 0 heterocycles. The third-order valence-electron chi connectivity index (χ3n) is 2.78. The summed E-state index contributed by atoms with van der Waals surface area (Å²) in [5.74, 6) is 0.159. The van der Waals surface area contributed by atoms with Gasteiger partial charge in [-0.15, -0.1) is 0 Å². The number of para-hydroxylation sites is 1. The fraction of sp³-hybridized carbons (Fsp3) is 0.0714. The first-order chi connectivity index (χ1) is 9.93. The highest BCUT2D eigenvalue weighted by atomic mass is 79.9. The zero-order chi connectivity index (χ0) is 15.6. The topological polar surface area (TPSA) is 64.3 Å². The van der Waals surface area contributed by atoms with Gasteiger partial charge < -0.3 is 15.8 Å². The molecule has 0 fully saturated rings. The molecule has 1 amide bonds. The fourth-order valence-electron chi connectivity index (χ4n) is 1.76. The highest BCUT2D eigenvalue weighted by Gasteiger charge is 2.16. The second kappa shape index (κ2) is 6.81. The van der Waals surface area contributed by atoms with Crippen molar-refractivity contribution in [2.75, 3.05) is 18.2 Å². The summed E-state index contributed by atoms with van der Waals surface area (Å²) in [6, 6.07) is 8.76. The molecule has 0 aliphatic rings. The molecule has 0 spiro atoms. The van der Waals surface area contributed by atoms with Crippen LogP contribution in [0.5, 0.6) is 5.75 Å². The summed E-state index contributed by atoms with van der Waals surface area (Å²) >= 11 is 10.2. The third kappa shape index (κ3) is 3.59. The Balaban J connectivity index is 2.35. The van der Waals surface area contributed by atoms with Gasteiger partial charge in [0.2, 0.25) is 0 Å². The molecular formula is C14H11Br3N2O2. The van der Waals surface area contributed by atoms with E-state index in [1.54, 1.807) is 18.2 Å². The normalized spacial score (nSPS) is 10.3. The van der Waals surface area contributed by atoms with Gasteiger partial charge in [-0.2, -0.15) is 0 Å². The van der Waals surface area contributed by atoms with Gasteiger partial charge in [-0.1, -0.05) is 22.0 Å². The quantitative estimate of drug-likeness (QED) is 0.622. The van der Waals surface area contributed by atoms with E-state index in [1.165, 1.54) is 7.11 Å². The minimum absolute atomic E-state index is 0.307. The van der Waals surface area contributed by atoms with Crippen molar-refractivity contribution in [1.29, 1.82) is 0 Å². The van der Waals surface area contributed by atoms with E-state index in [2.05, 4.69) is 53.1 Å². The number of carbonyl (C=O) groups excluding carboxylic acids is 1. The Morgan fingerprint density at radius 1 is 1.19 bits per heavy atom. The molecule has 21 heavy (non-hydrogen) atoms. The molecule has 0 radical (unpaired) electrons. The fourth-order valence-corrected chi connectivity index (χ4v) is 4.22. The Bertz CT molecular complexity index is 682. The van der Waals surface area contributed by atoms with E-state index in [0.29, 0.717) is 22.7 Å². The molecule has 0 aliphatic heterocycles. The molecule has 0 saturated heterocycles. The van der Waals surface area contributed by atoms with Crippen LogP contribution in [0.4, 0.5) is 11.4 Å². The van der Waals surface area contributed by atoms with Crippen molar-refractivity contribution < 1.29 is 9.53 Å². The van der Waals surface area contributed by atoms with Crippen LogP contribution in [0.15, 0.2) is 43.7 Å². The maximum Gasteiger partial charge on any atom is 0.257 e. The summed E-state index contributed by atoms with van der Waals surface area (Å²) < 4.78 is 7.51. The van der Waals surface area contributed by atoms with Crippen molar-refractivity contribution in [1.82, 2.24) is 0 Å². The molecule has 0 saturated carbocycles. The first-order valence-corrected chi connectivity index (χ1v) is 8.20. The Labute approximate surface area is 147 Å². The van der Waals surface area contributed by atoms with Gasteiger partial charge in [-0.25, -0.2) is 0 Å². The van der Waals surface area contributed by atoms with Crippen molar-refractivity contribution in [3.63, 3.8) is 0 Å². The lowest BCUT2D eigenvalue weighted by Crippen LogP contribution is -2.15. The van der Waals surface area contributed by atoms with Crippen LogP contribution in [-0.2, 0) is 0 Å². The highest BCUT2D eigenvalue weighted by molar-refractivity contribution is 9.11. The van der Waals surface area contributed by atoms with Crippen LogP contribution < -0.4 is 15.8 Å². The van der Waals surface area contributed by atoms with Gasteiger partial charge in [0, 0.05) is 13.4 Å². The SMILES string of the molecule is COc1cccc(C(=O)Nc2c(Br)cc(Br)cc2Br)c1N. The molecule has 110 valence electrons. The maximum atomic E-state index is 12.4. The summed E-state index contributed by atoms with van der Waals surface area (Å²) in [5, 5.41) is 2.83. The van der Waals surface area contributed by atoms with Crippen LogP contribution in [0.1, 0.15) is 10.4 Å². The number of hydrogen-bond donors (Lipinski definition) is 2. The van der Waals surface area contributed by atoms with Gasteiger partial charge in [-0.3, -0.25) is 4.79 Å². The van der Waals surface area contributed by atoms with Crippen LogP contribution in [-0.4, -0.2) is 13.0 Å². The lowest BCUT2D eigenvalue weighted by Gasteiger charge is -2.13. The zero-order valence-electron chi connectivity index (χ0n) is 10.9. The standard InChI is InChI=1S/C14H11Br3N2O2/c1-21-11-4-2-3-8(12(11)18)14(20)19-13-9(16)5-7(15)6-10(13)17/h2-6H,18H2,1H3,(H,19,20). The minimum Gasteiger partial charge on any atom is -0.495 e. The number of carbonyl (C=O) groups is 1. The number of nitrogen functional groups attached to an aromatic ring is 1. The number of benzene rings is 2. The van der Waals surface area contributed by atoms with E-state index in [9.17, 15) is 4.79 Å². The van der Waals surface area contributed by atoms with Gasteiger partial charge in [0.15, 0.2) is 0 Å². The molecule has 0 bridgehead atoms. The zero-order valence-corrected chi connectivity index (χ0v) is 15.7. The molecule has 2 aromatic carbocycles. The van der Waals surface area contributed by atoms with Gasteiger partial charge >= 0.3 is 0 Å². The summed E-state index contributed by atoms with van der Waals surface area (Å²) in [5.41, 5.74) is 7.23. The highest BCUT2D eigenvalue weighted by Crippen LogP contribution is 2.35. The van der Waals surface area contributed by atoms with E-state index in [1.807, 2.05) is 12.1 Å². The average molecular weight is 479 g/mol. The lowest BCUT2D eigenvalue weighted by molar-refractivity contribution is 0.102. The van der Waals surface area contributed by atoms with Crippen molar-refractivity contribution in [3.05, 3.63) is 49.3 Å². The maximum absolute atomic E-state index is 12.4. The molecule has 0 atom stereocenters. The summed E-state index contributed by atoms with van der Waals surface area (Å²) in [6.07, 6.45) is 0. The molecule has 0 unspecified atom stereocenters. The van der Waals surface area contributed by atoms with Crippen LogP contribution in [0, 0.1) is 0 Å². The molecular weight excluding hydrogens is 468 g/mol. The monoisotopic (exact) mass is 476 g/mol. The number of rotatable bonds is 3. The minimum atomic E-state index is -0.310. The number of hydrogen-bond acceptors (Lipinski definition) is 3. The van der Waals surface area contributed by atoms with E-state index in [4.69, 9.17) is 10.5 Å².